The Kier molecular flexibility index (Phi) is 5.18. The monoisotopic (exact) mass is 273 g/mol. The molecule has 0 radical (unpaired) electrons. The predicted octanol–water partition coefficient (Wildman–Crippen LogP) is 1.50. The summed E-state index contributed by atoms with van der Waals surface area (Å²) >= 11 is 0. The lowest BCUT2D eigenvalue weighted by Gasteiger charge is -2.38. The number of hydrogen-bond donors (Lipinski definition) is 1. The number of amides is 1. The maximum atomic E-state index is 11.9. The molecule has 1 aliphatic heterocycles. The molecule has 4 heteroatoms. The van der Waals surface area contributed by atoms with Gasteiger partial charge in [-0.3, -0.25) is 9.69 Å². The van der Waals surface area contributed by atoms with Crippen LogP contribution in [-0.4, -0.2) is 49.6 Å². The first kappa shape index (κ1) is 14.6. The van der Waals surface area contributed by atoms with Crippen molar-refractivity contribution in [3.05, 3.63) is 43.0 Å². The van der Waals surface area contributed by atoms with Crippen molar-refractivity contribution in [2.45, 2.75) is 13.0 Å². The molecule has 0 aliphatic carbocycles. The fourth-order valence-corrected chi connectivity index (χ4v) is 2.49. The molecule has 1 N–H and O–H groups in total. The van der Waals surface area contributed by atoms with Gasteiger partial charge >= 0.3 is 0 Å². The molecule has 1 amide bonds. The fourth-order valence-electron chi connectivity index (χ4n) is 2.49. The van der Waals surface area contributed by atoms with Crippen molar-refractivity contribution in [1.29, 1.82) is 0 Å². The highest BCUT2D eigenvalue weighted by molar-refractivity contribution is 5.81. The zero-order chi connectivity index (χ0) is 14.4. The van der Waals surface area contributed by atoms with Crippen molar-refractivity contribution in [2.24, 2.45) is 0 Å². The van der Waals surface area contributed by atoms with Gasteiger partial charge in [0.2, 0.25) is 5.91 Å². The van der Waals surface area contributed by atoms with E-state index in [0.29, 0.717) is 6.54 Å². The van der Waals surface area contributed by atoms with Crippen molar-refractivity contribution < 1.29 is 4.79 Å². The summed E-state index contributed by atoms with van der Waals surface area (Å²) in [6.45, 7) is 9.87. The molecule has 1 aliphatic rings. The number of nitrogens with one attached hydrogen (secondary N) is 1. The van der Waals surface area contributed by atoms with Crippen molar-refractivity contribution >= 4 is 11.6 Å². The molecule has 1 fully saturated rings. The van der Waals surface area contributed by atoms with Crippen LogP contribution < -0.4 is 10.2 Å². The second-order valence-corrected chi connectivity index (χ2v) is 5.07. The summed E-state index contributed by atoms with van der Waals surface area (Å²) in [6.07, 6.45) is 1.71. The van der Waals surface area contributed by atoms with Gasteiger partial charge in [0, 0.05) is 38.4 Å². The molecular weight excluding hydrogens is 250 g/mol. The standard InChI is InChI=1S/C16H23N3O/c1-3-9-17-16(20)14(2)18-10-12-19(13-11-18)15-7-5-4-6-8-15/h3-8,14H,1,9-13H2,2H3,(H,17,20)/t14-/m1/s1. The Hall–Kier alpha value is -1.81. The van der Waals surface area contributed by atoms with E-state index in [4.69, 9.17) is 0 Å². The average molecular weight is 273 g/mol. The van der Waals surface area contributed by atoms with Crippen LogP contribution in [0.1, 0.15) is 6.92 Å². The van der Waals surface area contributed by atoms with E-state index in [9.17, 15) is 4.79 Å². The molecule has 20 heavy (non-hydrogen) atoms. The Morgan fingerprint density at radius 2 is 1.95 bits per heavy atom. The molecule has 0 aromatic heterocycles. The molecule has 0 unspecified atom stereocenters. The lowest BCUT2D eigenvalue weighted by Crippen LogP contribution is -2.54. The van der Waals surface area contributed by atoms with Gasteiger partial charge in [-0.1, -0.05) is 24.3 Å². The van der Waals surface area contributed by atoms with Crippen LogP contribution in [0.3, 0.4) is 0 Å². The second-order valence-electron chi connectivity index (χ2n) is 5.07. The third kappa shape index (κ3) is 3.61. The molecule has 0 bridgehead atoms. The lowest BCUT2D eigenvalue weighted by molar-refractivity contribution is -0.125. The zero-order valence-electron chi connectivity index (χ0n) is 12.1. The molecule has 1 saturated heterocycles. The summed E-state index contributed by atoms with van der Waals surface area (Å²) in [5.74, 6) is 0.0815. The highest BCUT2D eigenvalue weighted by atomic mass is 16.2. The number of anilines is 1. The number of rotatable bonds is 5. The highest BCUT2D eigenvalue weighted by Gasteiger charge is 2.25. The smallest absolute Gasteiger partial charge is 0.237 e. The molecule has 1 atom stereocenters. The van der Waals surface area contributed by atoms with Crippen LogP contribution in [0.4, 0.5) is 5.69 Å². The van der Waals surface area contributed by atoms with E-state index in [-0.39, 0.29) is 11.9 Å². The van der Waals surface area contributed by atoms with Crippen molar-refractivity contribution in [3.63, 3.8) is 0 Å². The molecule has 2 rings (SSSR count). The average Bonchev–Trinajstić information content (AvgIpc) is 2.53. The Labute approximate surface area is 121 Å². The van der Waals surface area contributed by atoms with Crippen LogP contribution >= 0.6 is 0 Å². The van der Waals surface area contributed by atoms with Crippen molar-refractivity contribution in [2.75, 3.05) is 37.6 Å². The van der Waals surface area contributed by atoms with Crippen LogP contribution in [0.2, 0.25) is 0 Å². The maximum absolute atomic E-state index is 11.9. The minimum atomic E-state index is -0.0760. The SMILES string of the molecule is C=CCNC(=O)[C@@H](C)N1CCN(c2ccccc2)CC1. The van der Waals surface area contributed by atoms with Gasteiger partial charge in [0.15, 0.2) is 0 Å². The van der Waals surface area contributed by atoms with Gasteiger partial charge in [-0.05, 0) is 19.1 Å². The number of carbonyl (C=O) groups excluding carboxylic acids is 1. The van der Waals surface area contributed by atoms with E-state index in [2.05, 4.69) is 46.0 Å². The van der Waals surface area contributed by atoms with Gasteiger partial charge in [-0.15, -0.1) is 6.58 Å². The van der Waals surface area contributed by atoms with E-state index >= 15 is 0 Å². The van der Waals surface area contributed by atoms with E-state index in [0.717, 1.165) is 26.2 Å². The quantitative estimate of drug-likeness (QED) is 0.826. The van der Waals surface area contributed by atoms with Crippen LogP contribution in [-0.2, 0) is 4.79 Å². The summed E-state index contributed by atoms with van der Waals surface area (Å²) in [5.41, 5.74) is 1.26. The molecule has 1 aromatic carbocycles. The molecule has 4 nitrogen and oxygen atoms in total. The predicted molar refractivity (Wildman–Crippen MR) is 82.9 cm³/mol. The lowest BCUT2D eigenvalue weighted by atomic mass is 10.2. The number of benzene rings is 1. The number of hydrogen-bond acceptors (Lipinski definition) is 3. The Balaban J connectivity index is 1.84. The van der Waals surface area contributed by atoms with Gasteiger partial charge in [-0.2, -0.15) is 0 Å². The number of para-hydroxylation sites is 1. The van der Waals surface area contributed by atoms with Crippen molar-refractivity contribution in [1.82, 2.24) is 10.2 Å². The molecule has 1 heterocycles. The van der Waals surface area contributed by atoms with Crippen LogP contribution in [0, 0.1) is 0 Å². The largest absolute Gasteiger partial charge is 0.369 e. The van der Waals surface area contributed by atoms with Crippen LogP contribution in [0.25, 0.3) is 0 Å². The van der Waals surface area contributed by atoms with Gasteiger partial charge in [0.05, 0.1) is 6.04 Å². The van der Waals surface area contributed by atoms with Crippen molar-refractivity contribution in [3.8, 4) is 0 Å². The molecule has 1 aromatic rings. The second kappa shape index (κ2) is 7.10. The zero-order valence-corrected chi connectivity index (χ0v) is 12.1. The normalized spacial score (nSPS) is 17.6. The summed E-state index contributed by atoms with van der Waals surface area (Å²) in [5, 5.41) is 2.86. The highest BCUT2D eigenvalue weighted by Crippen LogP contribution is 2.16. The number of piperazine rings is 1. The summed E-state index contributed by atoms with van der Waals surface area (Å²) < 4.78 is 0. The van der Waals surface area contributed by atoms with Gasteiger partial charge < -0.3 is 10.2 Å². The minimum absolute atomic E-state index is 0.0760. The van der Waals surface area contributed by atoms with E-state index in [1.807, 2.05) is 13.0 Å². The Morgan fingerprint density at radius 1 is 1.30 bits per heavy atom. The minimum Gasteiger partial charge on any atom is -0.369 e. The van der Waals surface area contributed by atoms with Crippen LogP contribution in [0.15, 0.2) is 43.0 Å². The van der Waals surface area contributed by atoms with Gasteiger partial charge in [0.25, 0.3) is 0 Å². The summed E-state index contributed by atoms with van der Waals surface area (Å²) in [6, 6.07) is 10.4. The maximum Gasteiger partial charge on any atom is 0.237 e. The topological polar surface area (TPSA) is 35.6 Å². The van der Waals surface area contributed by atoms with E-state index < -0.39 is 0 Å². The molecule has 0 saturated carbocycles. The Morgan fingerprint density at radius 3 is 2.55 bits per heavy atom. The number of carbonyl (C=O) groups is 1. The van der Waals surface area contributed by atoms with E-state index in [1.54, 1.807) is 6.08 Å². The van der Waals surface area contributed by atoms with Gasteiger partial charge in [-0.25, -0.2) is 0 Å². The fraction of sp³-hybridized carbons (Fsp3) is 0.438. The Bertz CT molecular complexity index is 438. The van der Waals surface area contributed by atoms with Crippen LogP contribution in [0.5, 0.6) is 0 Å². The third-order valence-electron chi connectivity index (χ3n) is 3.78. The van der Waals surface area contributed by atoms with E-state index in [1.165, 1.54) is 5.69 Å². The summed E-state index contributed by atoms with van der Waals surface area (Å²) in [7, 11) is 0. The molecular formula is C16H23N3O. The first-order chi connectivity index (χ1) is 9.72. The third-order valence-corrected chi connectivity index (χ3v) is 3.78. The summed E-state index contributed by atoms with van der Waals surface area (Å²) in [4.78, 5) is 16.5. The number of nitrogens with zero attached hydrogens (tertiary/aromatic N) is 2. The molecule has 0 spiro atoms. The molecule has 108 valence electrons. The first-order valence-electron chi connectivity index (χ1n) is 7.15. The first-order valence-corrected chi connectivity index (χ1v) is 7.15. The van der Waals surface area contributed by atoms with Gasteiger partial charge in [0.1, 0.15) is 0 Å².